The van der Waals surface area contributed by atoms with Gasteiger partial charge in [-0.3, -0.25) is 4.31 Å². The zero-order valence-electron chi connectivity index (χ0n) is 11.3. The second-order valence-electron chi connectivity index (χ2n) is 3.96. The van der Waals surface area contributed by atoms with E-state index in [0.717, 1.165) is 6.26 Å². The molecule has 0 unspecified atom stereocenters. The maximum Gasteiger partial charge on any atom is 0.407 e. The maximum atomic E-state index is 11.8. The van der Waals surface area contributed by atoms with E-state index in [1.807, 2.05) is 0 Å². The average Bonchev–Trinajstić information content (AvgIpc) is 2.33. The Bertz CT molecular complexity index is 562. The Morgan fingerprint density at radius 3 is 2.70 bits per heavy atom. The summed E-state index contributed by atoms with van der Waals surface area (Å²) in [7, 11) is -3.46. The Hall–Kier alpha value is -1.47. The van der Waals surface area contributed by atoms with Crippen LogP contribution >= 0.6 is 11.6 Å². The fourth-order valence-electron chi connectivity index (χ4n) is 1.56. The van der Waals surface area contributed by atoms with Gasteiger partial charge in [0.05, 0.1) is 25.1 Å². The molecule has 0 bridgehead atoms. The monoisotopic (exact) mass is 320 g/mol. The molecule has 0 heterocycles. The fraction of sp³-hybridized carbons (Fsp3) is 0.417. The molecule has 0 saturated heterocycles. The summed E-state index contributed by atoms with van der Waals surface area (Å²) in [4.78, 5) is 11.1. The van der Waals surface area contributed by atoms with E-state index in [0.29, 0.717) is 10.7 Å². The first kappa shape index (κ1) is 16.6. The van der Waals surface area contributed by atoms with Gasteiger partial charge in [-0.2, -0.15) is 0 Å². The number of ether oxygens (including phenoxy) is 1. The lowest BCUT2D eigenvalue weighted by Gasteiger charge is -2.22. The van der Waals surface area contributed by atoms with Gasteiger partial charge in [0.2, 0.25) is 10.0 Å². The molecule has 0 aromatic heterocycles. The van der Waals surface area contributed by atoms with Gasteiger partial charge in [-0.05, 0) is 25.1 Å². The van der Waals surface area contributed by atoms with Crippen LogP contribution in [0, 0.1) is 0 Å². The van der Waals surface area contributed by atoms with Crippen molar-refractivity contribution in [1.29, 1.82) is 0 Å². The number of sulfonamides is 1. The molecule has 8 heteroatoms. The van der Waals surface area contributed by atoms with Gasteiger partial charge in [0.1, 0.15) is 0 Å². The lowest BCUT2D eigenvalue weighted by molar-refractivity contribution is 0.152. The molecule has 112 valence electrons. The van der Waals surface area contributed by atoms with Crippen LogP contribution in [0.4, 0.5) is 10.5 Å². The summed E-state index contributed by atoms with van der Waals surface area (Å²) in [5.41, 5.74) is 0.450. The van der Waals surface area contributed by atoms with Crippen LogP contribution in [0.25, 0.3) is 0 Å². The van der Waals surface area contributed by atoms with Crippen LogP contribution < -0.4 is 9.62 Å². The predicted molar refractivity (Wildman–Crippen MR) is 78.7 cm³/mol. The van der Waals surface area contributed by atoms with Crippen LogP contribution in [0.1, 0.15) is 6.92 Å². The summed E-state index contributed by atoms with van der Waals surface area (Å²) >= 11 is 5.85. The standard InChI is InChI=1S/C12H17ClN2O4S/c1-3-19-12(16)14-7-8-15(20(2,17)18)11-6-4-5-10(13)9-11/h4-6,9H,3,7-8H2,1-2H3,(H,14,16). The summed E-state index contributed by atoms with van der Waals surface area (Å²) < 4.78 is 29.4. The molecule has 1 aromatic rings. The molecule has 0 aliphatic rings. The lowest BCUT2D eigenvalue weighted by atomic mass is 10.3. The van der Waals surface area contributed by atoms with Crippen molar-refractivity contribution in [3.8, 4) is 0 Å². The quantitative estimate of drug-likeness (QED) is 0.868. The zero-order chi connectivity index (χ0) is 15.2. The van der Waals surface area contributed by atoms with E-state index in [4.69, 9.17) is 16.3 Å². The highest BCUT2D eigenvalue weighted by Gasteiger charge is 2.17. The number of alkyl carbamates (subject to hydrolysis) is 1. The van der Waals surface area contributed by atoms with E-state index in [2.05, 4.69) is 5.32 Å². The minimum absolute atomic E-state index is 0.0952. The Balaban J connectivity index is 2.75. The Labute approximate surface area is 123 Å². The van der Waals surface area contributed by atoms with Crippen molar-refractivity contribution in [3.05, 3.63) is 29.3 Å². The molecule has 6 nitrogen and oxygen atoms in total. The number of nitrogens with one attached hydrogen (secondary N) is 1. The third-order valence-corrected chi connectivity index (χ3v) is 3.79. The molecule has 1 rings (SSSR count). The first-order valence-corrected chi connectivity index (χ1v) is 8.21. The normalized spacial score (nSPS) is 10.9. The number of carbonyl (C=O) groups is 1. The lowest BCUT2D eigenvalue weighted by Crippen LogP contribution is -2.38. The van der Waals surface area contributed by atoms with E-state index >= 15 is 0 Å². The van der Waals surface area contributed by atoms with Gasteiger partial charge >= 0.3 is 6.09 Å². The van der Waals surface area contributed by atoms with Crippen molar-refractivity contribution in [2.75, 3.05) is 30.3 Å². The maximum absolute atomic E-state index is 11.8. The SMILES string of the molecule is CCOC(=O)NCCN(c1cccc(Cl)c1)S(C)(=O)=O. The highest BCUT2D eigenvalue weighted by atomic mass is 35.5. The number of hydrogen-bond donors (Lipinski definition) is 1. The number of carbonyl (C=O) groups excluding carboxylic acids is 1. The molecule has 1 N–H and O–H groups in total. The Kier molecular flexibility index (Phi) is 6.09. The molecule has 0 atom stereocenters. The summed E-state index contributed by atoms with van der Waals surface area (Å²) in [6, 6.07) is 6.50. The number of benzene rings is 1. The minimum atomic E-state index is -3.46. The zero-order valence-corrected chi connectivity index (χ0v) is 12.9. The molecule has 0 spiro atoms. The van der Waals surface area contributed by atoms with Gasteiger partial charge in [0.25, 0.3) is 0 Å². The summed E-state index contributed by atoms with van der Waals surface area (Å²) in [6.07, 6.45) is 0.519. The number of halogens is 1. The largest absolute Gasteiger partial charge is 0.450 e. The second kappa shape index (κ2) is 7.35. The van der Waals surface area contributed by atoms with Gasteiger partial charge in [0, 0.05) is 11.6 Å². The fourth-order valence-corrected chi connectivity index (χ4v) is 2.66. The van der Waals surface area contributed by atoms with Gasteiger partial charge in [0.15, 0.2) is 0 Å². The minimum Gasteiger partial charge on any atom is -0.450 e. The van der Waals surface area contributed by atoms with E-state index in [1.54, 1.807) is 31.2 Å². The van der Waals surface area contributed by atoms with E-state index in [-0.39, 0.29) is 19.7 Å². The first-order valence-electron chi connectivity index (χ1n) is 5.98. The van der Waals surface area contributed by atoms with E-state index < -0.39 is 16.1 Å². The topological polar surface area (TPSA) is 75.7 Å². The van der Waals surface area contributed by atoms with E-state index in [9.17, 15) is 13.2 Å². The van der Waals surface area contributed by atoms with Gasteiger partial charge in [-0.1, -0.05) is 17.7 Å². The number of anilines is 1. The van der Waals surface area contributed by atoms with Gasteiger partial charge in [-0.15, -0.1) is 0 Å². The molecule has 1 amide bonds. The third-order valence-electron chi connectivity index (χ3n) is 2.36. The molecule has 20 heavy (non-hydrogen) atoms. The molecule has 0 aliphatic heterocycles. The van der Waals surface area contributed by atoms with Crippen molar-refractivity contribution >= 4 is 33.4 Å². The van der Waals surface area contributed by atoms with Crippen LogP contribution in [0.5, 0.6) is 0 Å². The van der Waals surface area contributed by atoms with Gasteiger partial charge < -0.3 is 10.1 Å². The molecular formula is C12H17ClN2O4S. The Morgan fingerprint density at radius 2 is 2.15 bits per heavy atom. The molecule has 0 aliphatic carbocycles. The summed E-state index contributed by atoms with van der Waals surface area (Å²) in [5, 5.41) is 2.91. The highest BCUT2D eigenvalue weighted by molar-refractivity contribution is 7.92. The van der Waals surface area contributed by atoms with Crippen molar-refractivity contribution in [1.82, 2.24) is 5.32 Å². The van der Waals surface area contributed by atoms with Crippen LogP contribution in [0.3, 0.4) is 0 Å². The van der Waals surface area contributed by atoms with Gasteiger partial charge in [-0.25, -0.2) is 13.2 Å². The van der Waals surface area contributed by atoms with E-state index in [1.165, 1.54) is 4.31 Å². The third kappa shape index (κ3) is 5.26. The smallest absolute Gasteiger partial charge is 0.407 e. The average molecular weight is 321 g/mol. The van der Waals surface area contributed by atoms with Crippen molar-refractivity contribution in [2.45, 2.75) is 6.92 Å². The molecule has 0 fully saturated rings. The number of hydrogen-bond acceptors (Lipinski definition) is 4. The predicted octanol–water partition coefficient (Wildman–Crippen LogP) is 1.85. The molecule has 0 saturated carbocycles. The number of nitrogens with zero attached hydrogens (tertiary/aromatic N) is 1. The van der Waals surface area contributed by atoms with Crippen molar-refractivity contribution in [3.63, 3.8) is 0 Å². The Morgan fingerprint density at radius 1 is 1.45 bits per heavy atom. The molecule has 0 radical (unpaired) electrons. The van der Waals surface area contributed by atoms with Crippen molar-refractivity contribution in [2.24, 2.45) is 0 Å². The molecular weight excluding hydrogens is 304 g/mol. The van der Waals surface area contributed by atoms with Crippen LogP contribution in [-0.2, 0) is 14.8 Å². The second-order valence-corrected chi connectivity index (χ2v) is 6.31. The van der Waals surface area contributed by atoms with Crippen LogP contribution in [0.15, 0.2) is 24.3 Å². The number of amides is 1. The summed E-state index contributed by atoms with van der Waals surface area (Å²) in [6.45, 7) is 2.18. The van der Waals surface area contributed by atoms with Crippen LogP contribution in [-0.4, -0.2) is 40.5 Å². The molecule has 1 aromatic carbocycles. The van der Waals surface area contributed by atoms with Crippen molar-refractivity contribution < 1.29 is 17.9 Å². The first-order chi connectivity index (χ1) is 9.34. The summed E-state index contributed by atoms with van der Waals surface area (Å²) in [5.74, 6) is 0. The van der Waals surface area contributed by atoms with Crippen LogP contribution in [0.2, 0.25) is 5.02 Å². The number of rotatable bonds is 6. The highest BCUT2D eigenvalue weighted by Crippen LogP contribution is 2.21.